The minimum absolute atomic E-state index is 0.507. The standard InChI is InChI=1S/C25H25N3O/c26-20-12-15-24-23(16-20)27-25(28(24)21-8-4-5-9-21)19-10-13-22(14-11-19)29-17-18-6-2-1-3-7-18/h1-3,6-7,10-16,21H,4-5,8-9,17,26H2. The van der Waals surface area contributed by atoms with E-state index in [2.05, 4.69) is 34.9 Å². The van der Waals surface area contributed by atoms with Gasteiger partial charge < -0.3 is 15.0 Å². The zero-order chi connectivity index (χ0) is 19.6. The first-order chi connectivity index (χ1) is 14.3. The van der Waals surface area contributed by atoms with E-state index in [1.807, 2.05) is 42.5 Å². The third kappa shape index (κ3) is 3.58. The number of nitrogen functional groups attached to an aromatic ring is 1. The number of aromatic nitrogens is 2. The molecule has 0 unspecified atom stereocenters. The van der Waals surface area contributed by atoms with E-state index in [-0.39, 0.29) is 0 Å². The van der Waals surface area contributed by atoms with Crippen molar-refractivity contribution in [3.05, 3.63) is 78.4 Å². The quantitative estimate of drug-likeness (QED) is 0.431. The summed E-state index contributed by atoms with van der Waals surface area (Å²) in [6.45, 7) is 0.569. The van der Waals surface area contributed by atoms with Crippen molar-refractivity contribution >= 4 is 16.7 Å². The second-order valence-electron chi connectivity index (χ2n) is 7.79. The van der Waals surface area contributed by atoms with E-state index in [1.165, 1.54) is 31.2 Å². The van der Waals surface area contributed by atoms with Crippen molar-refractivity contribution in [2.75, 3.05) is 5.73 Å². The molecule has 1 saturated carbocycles. The molecule has 0 bridgehead atoms. The van der Waals surface area contributed by atoms with Gasteiger partial charge in [-0.3, -0.25) is 0 Å². The number of hydrogen-bond donors (Lipinski definition) is 1. The first-order valence-corrected chi connectivity index (χ1v) is 10.3. The number of imidazole rings is 1. The fraction of sp³-hybridized carbons (Fsp3) is 0.240. The molecule has 1 heterocycles. The third-order valence-corrected chi connectivity index (χ3v) is 5.76. The molecule has 4 heteroatoms. The molecule has 0 aliphatic heterocycles. The van der Waals surface area contributed by atoms with Gasteiger partial charge in [0.15, 0.2) is 0 Å². The van der Waals surface area contributed by atoms with Crippen LogP contribution in [0.1, 0.15) is 37.3 Å². The lowest BCUT2D eigenvalue weighted by Crippen LogP contribution is -2.06. The zero-order valence-electron chi connectivity index (χ0n) is 16.4. The van der Waals surface area contributed by atoms with Crippen LogP contribution in [0.2, 0.25) is 0 Å². The van der Waals surface area contributed by atoms with E-state index >= 15 is 0 Å². The maximum Gasteiger partial charge on any atom is 0.141 e. The Balaban J connectivity index is 1.46. The molecule has 1 fully saturated rings. The summed E-state index contributed by atoms with van der Waals surface area (Å²) in [5.74, 6) is 1.89. The molecule has 0 spiro atoms. The summed E-state index contributed by atoms with van der Waals surface area (Å²) in [6.07, 6.45) is 4.98. The van der Waals surface area contributed by atoms with Crippen molar-refractivity contribution in [3.8, 4) is 17.1 Å². The SMILES string of the molecule is Nc1ccc2c(c1)nc(-c1ccc(OCc3ccccc3)cc1)n2C1CCCC1. The van der Waals surface area contributed by atoms with Crippen LogP contribution in [0.15, 0.2) is 72.8 Å². The highest BCUT2D eigenvalue weighted by atomic mass is 16.5. The molecule has 3 aromatic carbocycles. The summed E-state index contributed by atoms with van der Waals surface area (Å²) < 4.78 is 8.36. The summed E-state index contributed by atoms with van der Waals surface area (Å²) in [4.78, 5) is 4.95. The normalized spacial score (nSPS) is 14.5. The Morgan fingerprint density at radius 3 is 2.45 bits per heavy atom. The van der Waals surface area contributed by atoms with Crippen LogP contribution in [0.4, 0.5) is 5.69 Å². The number of hydrogen-bond acceptors (Lipinski definition) is 3. The Morgan fingerprint density at radius 2 is 1.69 bits per heavy atom. The molecule has 1 aliphatic rings. The predicted octanol–water partition coefficient (Wildman–Crippen LogP) is 5.98. The van der Waals surface area contributed by atoms with Crippen molar-refractivity contribution in [1.29, 1.82) is 0 Å². The predicted molar refractivity (Wildman–Crippen MR) is 118 cm³/mol. The van der Waals surface area contributed by atoms with Gasteiger partial charge in [-0.25, -0.2) is 4.98 Å². The maximum atomic E-state index is 6.01. The number of rotatable bonds is 5. The lowest BCUT2D eigenvalue weighted by atomic mass is 10.1. The van der Waals surface area contributed by atoms with Crippen molar-refractivity contribution in [2.24, 2.45) is 0 Å². The summed E-state index contributed by atoms with van der Waals surface area (Å²) >= 11 is 0. The molecule has 29 heavy (non-hydrogen) atoms. The smallest absolute Gasteiger partial charge is 0.141 e. The Hall–Kier alpha value is -3.27. The van der Waals surface area contributed by atoms with Gasteiger partial charge in [0.2, 0.25) is 0 Å². The third-order valence-electron chi connectivity index (χ3n) is 5.76. The average molecular weight is 383 g/mol. The van der Waals surface area contributed by atoms with Gasteiger partial charge in [-0.2, -0.15) is 0 Å². The van der Waals surface area contributed by atoms with Crippen LogP contribution >= 0.6 is 0 Å². The van der Waals surface area contributed by atoms with Gasteiger partial charge in [0.25, 0.3) is 0 Å². The Kier molecular flexibility index (Phi) is 4.68. The van der Waals surface area contributed by atoms with Crippen LogP contribution in [0.5, 0.6) is 5.75 Å². The van der Waals surface area contributed by atoms with Crippen LogP contribution in [-0.4, -0.2) is 9.55 Å². The number of benzene rings is 3. The summed E-state index contributed by atoms with van der Waals surface area (Å²) in [7, 11) is 0. The van der Waals surface area contributed by atoms with E-state index in [0.29, 0.717) is 12.6 Å². The maximum absolute atomic E-state index is 6.01. The van der Waals surface area contributed by atoms with Crippen molar-refractivity contribution < 1.29 is 4.74 Å². The molecule has 1 aliphatic carbocycles. The highest BCUT2D eigenvalue weighted by Crippen LogP contribution is 2.37. The minimum atomic E-state index is 0.507. The number of ether oxygens (including phenoxy) is 1. The van der Waals surface area contributed by atoms with Crippen molar-refractivity contribution in [3.63, 3.8) is 0 Å². The van der Waals surface area contributed by atoms with Crippen LogP contribution in [0.3, 0.4) is 0 Å². The number of fused-ring (bicyclic) bond motifs is 1. The van der Waals surface area contributed by atoms with Gasteiger partial charge in [0.1, 0.15) is 18.2 Å². The van der Waals surface area contributed by atoms with E-state index in [1.54, 1.807) is 0 Å². The second-order valence-corrected chi connectivity index (χ2v) is 7.79. The van der Waals surface area contributed by atoms with Gasteiger partial charge in [0.05, 0.1) is 11.0 Å². The van der Waals surface area contributed by atoms with Gasteiger partial charge in [-0.05, 0) is 60.9 Å². The Morgan fingerprint density at radius 1 is 0.931 bits per heavy atom. The number of nitrogens with zero attached hydrogens (tertiary/aromatic N) is 2. The fourth-order valence-corrected chi connectivity index (χ4v) is 4.29. The largest absolute Gasteiger partial charge is 0.489 e. The number of nitrogens with two attached hydrogens (primary N) is 1. The monoisotopic (exact) mass is 383 g/mol. The topological polar surface area (TPSA) is 53.1 Å². The van der Waals surface area contributed by atoms with Crippen LogP contribution in [-0.2, 0) is 6.61 Å². The molecular formula is C25H25N3O. The van der Waals surface area contributed by atoms with E-state index in [9.17, 15) is 0 Å². The molecule has 0 atom stereocenters. The van der Waals surface area contributed by atoms with Gasteiger partial charge in [0, 0.05) is 17.3 Å². The Labute approximate surface area is 171 Å². The van der Waals surface area contributed by atoms with Gasteiger partial charge in [-0.15, -0.1) is 0 Å². The molecule has 2 N–H and O–H groups in total. The molecular weight excluding hydrogens is 358 g/mol. The lowest BCUT2D eigenvalue weighted by molar-refractivity contribution is 0.306. The minimum Gasteiger partial charge on any atom is -0.489 e. The highest BCUT2D eigenvalue weighted by Gasteiger charge is 2.23. The molecule has 0 saturated heterocycles. The highest BCUT2D eigenvalue weighted by molar-refractivity contribution is 5.83. The summed E-state index contributed by atoms with van der Waals surface area (Å²) in [6, 6.07) is 25.1. The molecule has 1 aromatic heterocycles. The summed E-state index contributed by atoms with van der Waals surface area (Å²) in [5, 5.41) is 0. The molecule has 5 rings (SSSR count). The molecule has 4 aromatic rings. The zero-order valence-corrected chi connectivity index (χ0v) is 16.4. The summed E-state index contributed by atoms with van der Waals surface area (Å²) in [5.41, 5.74) is 11.2. The van der Waals surface area contributed by atoms with Crippen molar-refractivity contribution in [2.45, 2.75) is 38.3 Å². The number of anilines is 1. The van der Waals surface area contributed by atoms with Crippen LogP contribution in [0, 0.1) is 0 Å². The fourth-order valence-electron chi connectivity index (χ4n) is 4.29. The molecule has 0 amide bonds. The van der Waals surface area contributed by atoms with Crippen LogP contribution < -0.4 is 10.5 Å². The molecule has 4 nitrogen and oxygen atoms in total. The van der Waals surface area contributed by atoms with E-state index < -0.39 is 0 Å². The van der Waals surface area contributed by atoms with E-state index in [0.717, 1.165) is 33.9 Å². The first kappa shape index (κ1) is 17.8. The van der Waals surface area contributed by atoms with Gasteiger partial charge in [-0.1, -0.05) is 43.2 Å². The second kappa shape index (κ2) is 7.63. The van der Waals surface area contributed by atoms with E-state index in [4.69, 9.17) is 15.5 Å². The lowest BCUT2D eigenvalue weighted by Gasteiger charge is -2.17. The van der Waals surface area contributed by atoms with Crippen molar-refractivity contribution in [1.82, 2.24) is 9.55 Å². The molecule has 146 valence electrons. The Bertz CT molecular complexity index is 1110. The van der Waals surface area contributed by atoms with Gasteiger partial charge >= 0.3 is 0 Å². The average Bonchev–Trinajstić information content (AvgIpc) is 3.40. The van der Waals surface area contributed by atoms with Crippen LogP contribution in [0.25, 0.3) is 22.4 Å². The molecule has 0 radical (unpaired) electrons. The first-order valence-electron chi connectivity index (χ1n) is 10.3.